The molecule has 96 valence electrons. The Labute approximate surface area is 103 Å². The van der Waals surface area contributed by atoms with Gasteiger partial charge >= 0.3 is 0 Å². The second kappa shape index (κ2) is 7.92. The number of hydrogen-bond acceptors (Lipinski definition) is 4. The summed E-state index contributed by atoms with van der Waals surface area (Å²) in [4.78, 5) is 0. The number of aliphatic hydroxyl groups is 1. The Kier molecular flexibility index (Phi) is 6.43. The van der Waals surface area contributed by atoms with Gasteiger partial charge in [-0.3, -0.25) is 0 Å². The molecule has 0 atom stereocenters. The minimum atomic E-state index is 0.259. The van der Waals surface area contributed by atoms with E-state index in [-0.39, 0.29) is 6.61 Å². The molecule has 0 fully saturated rings. The van der Waals surface area contributed by atoms with Gasteiger partial charge in [-0.1, -0.05) is 0 Å². The van der Waals surface area contributed by atoms with Gasteiger partial charge in [-0.05, 0) is 37.1 Å². The third kappa shape index (κ3) is 5.06. The van der Waals surface area contributed by atoms with Crippen LogP contribution in [0.5, 0.6) is 11.5 Å². The zero-order valence-corrected chi connectivity index (χ0v) is 10.5. The van der Waals surface area contributed by atoms with Crippen molar-refractivity contribution in [3.8, 4) is 11.5 Å². The van der Waals surface area contributed by atoms with Crippen molar-refractivity contribution in [2.75, 3.05) is 27.4 Å². The summed E-state index contributed by atoms with van der Waals surface area (Å²) in [6, 6.07) is 5.83. The largest absolute Gasteiger partial charge is 0.497 e. The normalized spacial score (nSPS) is 10.3. The van der Waals surface area contributed by atoms with Crippen molar-refractivity contribution in [1.82, 2.24) is 5.32 Å². The van der Waals surface area contributed by atoms with Crippen molar-refractivity contribution in [2.24, 2.45) is 0 Å². The van der Waals surface area contributed by atoms with Crippen LogP contribution in [-0.2, 0) is 6.54 Å². The molecule has 0 aromatic heterocycles. The number of ether oxygens (including phenoxy) is 2. The molecule has 0 saturated heterocycles. The first-order chi connectivity index (χ1) is 8.30. The van der Waals surface area contributed by atoms with Gasteiger partial charge in [0.1, 0.15) is 11.5 Å². The number of aliphatic hydroxyl groups excluding tert-OH is 1. The molecule has 0 heterocycles. The Morgan fingerprint density at radius 2 is 1.71 bits per heavy atom. The van der Waals surface area contributed by atoms with Crippen molar-refractivity contribution < 1.29 is 14.6 Å². The fourth-order valence-corrected chi connectivity index (χ4v) is 1.56. The molecule has 1 aromatic rings. The Bertz CT molecular complexity index is 306. The minimum absolute atomic E-state index is 0.259. The number of rotatable bonds is 8. The van der Waals surface area contributed by atoms with Gasteiger partial charge < -0.3 is 19.9 Å². The van der Waals surface area contributed by atoms with Crippen molar-refractivity contribution in [3.63, 3.8) is 0 Å². The van der Waals surface area contributed by atoms with E-state index in [4.69, 9.17) is 14.6 Å². The number of unbranched alkanes of at least 4 members (excludes halogenated alkanes) is 1. The van der Waals surface area contributed by atoms with E-state index in [1.165, 1.54) is 0 Å². The molecule has 4 nitrogen and oxygen atoms in total. The third-order valence-corrected chi connectivity index (χ3v) is 2.50. The lowest BCUT2D eigenvalue weighted by Crippen LogP contribution is -2.15. The summed E-state index contributed by atoms with van der Waals surface area (Å²) in [5, 5.41) is 12.0. The van der Waals surface area contributed by atoms with E-state index in [0.717, 1.165) is 43.0 Å². The van der Waals surface area contributed by atoms with Crippen LogP contribution in [0.1, 0.15) is 18.4 Å². The van der Waals surface area contributed by atoms with Crippen LogP contribution in [0, 0.1) is 0 Å². The van der Waals surface area contributed by atoms with Gasteiger partial charge in [0.15, 0.2) is 0 Å². The lowest BCUT2D eigenvalue weighted by molar-refractivity contribution is 0.283. The standard InChI is InChI=1S/C13H21NO3/c1-16-12-7-11(8-13(9-12)17-2)10-14-5-3-4-6-15/h7-9,14-15H,3-6,10H2,1-2H3. The fourth-order valence-electron chi connectivity index (χ4n) is 1.56. The highest BCUT2D eigenvalue weighted by atomic mass is 16.5. The molecule has 0 spiro atoms. The summed E-state index contributed by atoms with van der Waals surface area (Å²) >= 11 is 0. The van der Waals surface area contributed by atoms with E-state index in [9.17, 15) is 0 Å². The van der Waals surface area contributed by atoms with Crippen molar-refractivity contribution in [2.45, 2.75) is 19.4 Å². The topological polar surface area (TPSA) is 50.7 Å². The smallest absolute Gasteiger partial charge is 0.122 e. The maximum atomic E-state index is 8.66. The van der Waals surface area contributed by atoms with Gasteiger partial charge in [0.2, 0.25) is 0 Å². The zero-order chi connectivity index (χ0) is 12.5. The molecule has 4 heteroatoms. The average Bonchev–Trinajstić information content (AvgIpc) is 2.38. The van der Waals surface area contributed by atoms with Gasteiger partial charge in [0.25, 0.3) is 0 Å². The lowest BCUT2D eigenvalue weighted by Gasteiger charge is -2.09. The van der Waals surface area contributed by atoms with Crippen LogP contribution in [0.3, 0.4) is 0 Å². The highest BCUT2D eigenvalue weighted by Gasteiger charge is 2.01. The van der Waals surface area contributed by atoms with E-state index in [2.05, 4.69) is 5.32 Å². The van der Waals surface area contributed by atoms with Gasteiger partial charge in [0.05, 0.1) is 14.2 Å². The summed E-state index contributed by atoms with van der Waals surface area (Å²) < 4.78 is 10.4. The van der Waals surface area contributed by atoms with Crippen LogP contribution >= 0.6 is 0 Å². The fraction of sp³-hybridized carbons (Fsp3) is 0.538. The molecular formula is C13H21NO3. The third-order valence-electron chi connectivity index (χ3n) is 2.50. The molecule has 1 rings (SSSR count). The summed E-state index contributed by atoms with van der Waals surface area (Å²) in [5.74, 6) is 1.60. The number of methoxy groups -OCH3 is 2. The molecule has 17 heavy (non-hydrogen) atoms. The van der Waals surface area contributed by atoms with Gasteiger partial charge in [-0.15, -0.1) is 0 Å². The highest BCUT2D eigenvalue weighted by molar-refractivity contribution is 5.38. The Morgan fingerprint density at radius 3 is 2.24 bits per heavy atom. The van der Waals surface area contributed by atoms with Crippen LogP contribution in [0.15, 0.2) is 18.2 Å². The van der Waals surface area contributed by atoms with Crippen LogP contribution in [0.25, 0.3) is 0 Å². The number of nitrogens with one attached hydrogen (secondary N) is 1. The second-order valence-electron chi connectivity index (χ2n) is 3.83. The van der Waals surface area contributed by atoms with E-state index in [1.807, 2.05) is 18.2 Å². The summed E-state index contributed by atoms with van der Waals surface area (Å²) in [6.45, 7) is 1.94. The van der Waals surface area contributed by atoms with E-state index in [1.54, 1.807) is 14.2 Å². The van der Waals surface area contributed by atoms with Gasteiger partial charge in [0, 0.05) is 19.2 Å². The molecule has 0 aliphatic heterocycles. The molecule has 0 aliphatic rings. The summed E-state index contributed by atoms with van der Waals surface area (Å²) in [6.07, 6.45) is 1.83. The molecule has 2 N–H and O–H groups in total. The predicted octanol–water partition coefficient (Wildman–Crippen LogP) is 1.57. The molecule has 0 bridgehead atoms. The monoisotopic (exact) mass is 239 g/mol. The van der Waals surface area contributed by atoms with E-state index in [0.29, 0.717) is 0 Å². The number of benzene rings is 1. The highest BCUT2D eigenvalue weighted by Crippen LogP contribution is 2.22. The van der Waals surface area contributed by atoms with E-state index >= 15 is 0 Å². The quantitative estimate of drug-likeness (QED) is 0.676. The van der Waals surface area contributed by atoms with Crippen LogP contribution < -0.4 is 14.8 Å². The molecule has 0 saturated carbocycles. The van der Waals surface area contributed by atoms with Crippen molar-refractivity contribution in [3.05, 3.63) is 23.8 Å². The summed E-state index contributed by atoms with van der Waals surface area (Å²) in [5.41, 5.74) is 1.13. The van der Waals surface area contributed by atoms with Crippen LogP contribution in [-0.4, -0.2) is 32.5 Å². The van der Waals surface area contributed by atoms with Gasteiger partial charge in [-0.25, -0.2) is 0 Å². The summed E-state index contributed by atoms with van der Waals surface area (Å²) in [7, 11) is 3.29. The maximum Gasteiger partial charge on any atom is 0.122 e. The second-order valence-corrected chi connectivity index (χ2v) is 3.83. The minimum Gasteiger partial charge on any atom is -0.497 e. The van der Waals surface area contributed by atoms with Gasteiger partial charge in [-0.2, -0.15) is 0 Å². The SMILES string of the molecule is COc1cc(CNCCCCO)cc(OC)c1. The first-order valence-electron chi connectivity index (χ1n) is 5.83. The van der Waals surface area contributed by atoms with Crippen molar-refractivity contribution in [1.29, 1.82) is 0 Å². The molecule has 0 aliphatic carbocycles. The molecule has 0 unspecified atom stereocenters. The molecular weight excluding hydrogens is 218 g/mol. The Morgan fingerprint density at radius 1 is 1.06 bits per heavy atom. The predicted molar refractivity (Wildman–Crippen MR) is 67.6 cm³/mol. The molecule has 0 amide bonds. The van der Waals surface area contributed by atoms with Crippen LogP contribution in [0.2, 0.25) is 0 Å². The molecule has 1 aromatic carbocycles. The molecule has 0 radical (unpaired) electrons. The van der Waals surface area contributed by atoms with Crippen molar-refractivity contribution >= 4 is 0 Å². The Balaban J connectivity index is 2.46. The zero-order valence-electron chi connectivity index (χ0n) is 10.5. The number of hydrogen-bond donors (Lipinski definition) is 2. The first kappa shape index (κ1) is 13.8. The van der Waals surface area contributed by atoms with E-state index < -0.39 is 0 Å². The maximum absolute atomic E-state index is 8.66. The lowest BCUT2D eigenvalue weighted by atomic mass is 10.2. The Hall–Kier alpha value is -1.26. The first-order valence-corrected chi connectivity index (χ1v) is 5.83. The van der Waals surface area contributed by atoms with Crippen LogP contribution in [0.4, 0.5) is 0 Å². The average molecular weight is 239 g/mol.